The van der Waals surface area contributed by atoms with Crippen LogP contribution in [-0.4, -0.2) is 22.5 Å². The summed E-state index contributed by atoms with van der Waals surface area (Å²) in [6.07, 6.45) is 4.19. The first-order chi connectivity index (χ1) is 12.1. The molecule has 0 saturated carbocycles. The normalized spacial score (nSPS) is 13.1. The molecule has 124 valence electrons. The summed E-state index contributed by atoms with van der Waals surface area (Å²) >= 11 is 6.25. The molecule has 0 unspecified atom stereocenters. The molecule has 0 fully saturated rings. The van der Waals surface area contributed by atoms with E-state index in [0.717, 1.165) is 16.8 Å². The van der Waals surface area contributed by atoms with Crippen LogP contribution in [0, 0.1) is 0 Å². The average molecular weight is 352 g/mol. The lowest BCUT2D eigenvalue weighted by Gasteiger charge is -2.08. The molecule has 0 bridgehead atoms. The third-order valence-corrected chi connectivity index (χ3v) is 4.71. The van der Waals surface area contributed by atoms with E-state index in [-0.39, 0.29) is 12.2 Å². The number of carbonyl (C=O) groups excluding carboxylic acids is 1. The number of fused-ring (bicyclic) bond motifs is 1. The van der Waals surface area contributed by atoms with E-state index in [1.165, 1.54) is 0 Å². The van der Waals surface area contributed by atoms with E-state index in [1.807, 2.05) is 53.4 Å². The van der Waals surface area contributed by atoms with E-state index >= 15 is 0 Å². The maximum absolute atomic E-state index is 12.6. The summed E-state index contributed by atoms with van der Waals surface area (Å²) in [5.41, 5.74) is 3.81. The Balaban J connectivity index is 1.55. The van der Waals surface area contributed by atoms with Crippen LogP contribution in [0.15, 0.2) is 60.9 Å². The van der Waals surface area contributed by atoms with Crippen molar-refractivity contribution in [2.45, 2.75) is 13.0 Å². The molecule has 1 aliphatic heterocycles. The molecule has 25 heavy (non-hydrogen) atoms. The Labute approximate surface area is 150 Å². The van der Waals surface area contributed by atoms with Gasteiger partial charge in [-0.15, -0.1) is 0 Å². The van der Waals surface area contributed by atoms with Crippen molar-refractivity contribution in [3.8, 4) is 5.69 Å². The van der Waals surface area contributed by atoms with E-state index in [1.54, 1.807) is 12.1 Å². The molecule has 2 aromatic carbocycles. The summed E-state index contributed by atoms with van der Waals surface area (Å²) in [5, 5.41) is 10.2. The number of hydrogen-bond donors (Lipinski definition) is 1. The number of ketones is 1. The maximum atomic E-state index is 12.6. The summed E-state index contributed by atoms with van der Waals surface area (Å²) < 4.78 is 7.17. The summed E-state index contributed by atoms with van der Waals surface area (Å²) in [5.74, 6) is -0.0828. The first kappa shape index (κ1) is 16.2. The zero-order valence-electron chi connectivity index (χ0n) is 13.4. The van der Waals surface area contributed by atoms with Crippen molar-refractivity contribution in [3.63, 3.8) is 0 Å². The minimum Gasteiger partial charge on any atom is -0.423 e. The van der Waals surface area contributed by atoms with Gasteiger partial charge in [0.25, 0.3) is 0 Å². The van der Waals surface area contributed by atoms with E-state index in [9.17, 15) is 9.82 Å². The van der Waals surface area contributed by atoms with E-state index < -0.39 is 7.12 Å². The van der Waals surface area contributed by atoms with Gasteiger partial charge in [-0.05, 0) is 53.0 Å². The Bertz CT molecular complexity index is 923. The van der Waals surface area contributed by atoms with Gasteiger partial charge in [0.05, 0.1) is 11.6 Å². The molecular formula is C19H15BClNO3. The topological polar surface area (TPSA) is 51.5 Å². The Kier molecular flexibility index (Phi) is 4.21. The Morgan fingerprint density at radius 2 is 1.92 bits per heavy atom. The zero-order chi connectivity index (χ0) is 17.4. The van der Waals surface area contributed by atoms with Crippen LogP contribution < -0.4 is 5.46 Å². The first-order valence-corrected chi connectivity index (χ1v) is 8.37. The Morgan fingerprint density at radius 1 is 1.20 bits per heavy atom. The molecule has 1 N–H and O–H groups in total. The van der Waals surface area contributed by atoms with Crippen molar-refractivity contribution in [1.29, 1.82) is 0 Å². The maximum Gasteiger partial charge on any atom is 0.491 e. The second kappa shape index (κ2) is 6.52. The van der Waals surface area contributed by atoms with Gasteiger partial charge in [0.15, 0.2) is 5.78 Å². The number of benzene rings is 2. The molecule has 1 aromatic heterocycles. The summed E-state index contributed by atoms with van der Waals surface area (Å²) in [6.45, 7) is 0.311. The largest absolute Gasteiger partial charge is 0.491 e. The minimum absolute atomic E-state index is 0.0828. The minimum atomic E-state index is -0.986. The van der Waals surface area contributed by atoms with Gasteiger partial charge < -0.3 is 14.2 Å². The number of hydrogen-bond acceptors (Lipinski definition) is 3. The molecule has 6 heteroatoms. The highest BCUT2D eigenvalue weighted by Crippen LogP contribution is 2.22. The fourth-order valence-electron chi connectivity index (χ4n) is 3.03. The van der Waals surface area contributed by atoms with Gasteiger partial charge in [-0.2, -0.15) is 0 Å². The summed E-state index contributed by atoms with van der Waals surface area (Å²) in [6, 6.07) is 15.1. The van der Waals surface area contributed by atoms with Crippen molar-refractivity contribution in [3.05, 3.63) is 82.6 Å². The highest BCUT2D eigenvalue weighted by atomic mass is 35.5. The number of Topliss-reactive ketones (excluding diaryl/α,β-unsaturated/α-hetero) is 1. The highest BCUT2D eigenvalue weighted by Gasteiger charge is 2.29. The molecule has 1 aliphatic rings. The second-order valence-electron chi connectivity index (χ2n) is 6.05. The van der Waals surface area contributed by atoms with Crippen molar-refractivity contribution < 1.29 is 14.5 Å². The monoisotopic (exact) mass is 351 g/mol. The molecule has 0 radical (unpaired) electrons. The van der Waals surface area contributed by atoms with Crippen molar-refractivity contribution in [2.75, 3.05) is 0 Å². The molecule has 4 rings (SSSR count). The number of aromatic nitrogens is 1. The predicted molar refractivity (Wildman–Crippen MR) is 97.7 cm³/mol. The SMILES string of the molecule is O=C(Cc1ccc(-n2cccc2)cc1)c1cc2c(cc1Cl)COB2O. The zero-order valence-corrected chi connectivity index (χ0v) is 14.1. The lowest BCUT2D eigenvalue weighted by atomic mass is 9.78. The molecule has 0 aliphatic carbocycles. The van der Waals surface area contributed by atoms with Gasteiger partial charge in [0.1, 0.15) is 0 Å². The highest BCUT2D eigenvalue weighted by molar-refractivity contribution is 6.61. The third-order valence-electron chi connectivity index (χ3n) is 4.40. The van der Waals surface area contributed by atoms with Gasteiger partial charge in [-0.25, -0.2) is 0 Å². The Morgan fingerprint density at radius 3 is 2.64 bits per heavy atom. The lowest BCUT2D eigenvalue weighted by Crippen LogP contribution is -2.29. The fraction of sp³-hybridized carbons (Fsp3) is 0.105. The number of carbonyl (C=O) groups is 1. The van der Waals surface area contributed by atoms with Crippen LogP contribution in [0.3, 0.4) is 0 Å². The van der Waals surface area contributed by atoms with Gasteiger partial charge in [-0.1, -0.05) is 23.7 Å². The lowest BCUT2D eigenvalue weighted by molar-refractivity contribution is 0.0993. The standard InChI is InChI=1S/C19H15BClNO3/c21-18-10-14-12-25-20(24)17(14)11-16(18)19(23)9-13-3-5-15(6-4-13)22-7-1-2-8-22/h1-8,10-11,24H,9,12H2. The quantitative estimate of drug-likeness (QED) is 0.581. The molecule has 2 heterocycles. The molecular weight excluding hydrogens is 336 g/mol. The van der Waals surface area contributed by atoms with Crippen molar-refractivity contribution in [1.82, 2.24) is 4.57 Å². The van der Waals surface area contributed by atoms with Crippen LogP contribution in [0.25, 0.3) is 5.69 Å². The van der Waals surface area contributed by atoms with Crippen molar-refractivity contribution >= 4 is 30.0 Å². The van der Waals surface area contributed by atoms with Gasteiger partial charge in [0, 0.05) is 30.1 Å². The van der Waals surface area contributed by atoms with Gasteiger partial charge >= 0.3 is 7.12 Å². The number of rotatable bonds is 4. The van der Waals surface area contributed by atoms with Crippen LogP contribution in [0.1, 0.15) is 21.5 Å². The van der Waals surface area contributed by atoms with Crippen molar-refractivity contribution in [2.24, 2.45) is 0 Å². The Hall–Kier alpha value is -2.34. The van der Waals surface area contributed by atoms with Gasteiger partial charge in [-0.3, -0.25) is 4.79 Å². The summed E-state index contributed by atoms with van der Waals surface area (Å²) in [4.78, 5) is 12.6. The van der Waals surface area contributed by atoms with E-state index in [0.29, 0.717) is 22.7 Å². The number of nitrogens with zero attached hydrogens (tertiary/aromatic N) is 1. The van der Waals surface area contributed by atoms with Crippen LogP contribution >= 0.6 is 11.6 Å². The van der Waals surface area contributed by atoms with Crippen LogP contribution in [-0.2, 0) is 17.7 Å². The molecule has 0 saturated heterocycles. The predicted octanol–water partition coefficient (Wildman–Crippen LogP) is 2.77. The van der Waals surface area contributed by atoms with Crippen LogP contribution in [0.5, 0.6) is 0 Å². The van der Waals surface area contributed by atoms with E-state index in [4.69, 9.17) is 16.3 Å². The average Bonchev–Trinajstić information content (AvgIpc) is 3.25. The molecule has 0 spiro atoms. The van der Waals surface area contributed by atoms with Crippen LogP contribution in [0.4, 0.5) is 0 Å². The molecule has 3 aromatic rings. The number of halogens is 1. The smallest absolute Gasteiger partial charge is 0.423 e. The molecule has 4 nitrogen and oxygen atoms in total. The first-order valence-electron chi connectivity index (χ1n) is 7.99. The third kappa shape index (κ3) is 3.14. The molecule has 0 atom stereocenters. The fourth-order valence-corrected chi connectivity index (χ4v) is 3.32. The summed E-state index contributed by atoms with van der Waals surface area (Å²) in [7, 11) is -0.986. The van der Waals surface area contributed by atoms with Crippen LogP contribution in [0.2, 0.25) is 5.02 Å². The van der Waals surface area contributed by atoms with E-state index in [2.05, 4.69) is 0 Å². The second-order valence-corrected chi connectivity index (χ2v) is 6.46. The van der Waals surface area contributed by atoms with Gasteiger partial charge in [0.2, 0.25) is 0 Å². The molecule has 0 amide bonds.